The Bertz CT molecular complexity index is 808. The van der Waals surface area contributed by atoms with Crippen LogP contribution in [0.2, 0.25) is 0 Å². The highest BCUT2D eigenvalue weighted by atomic mass is 16.5. The summed E-state index contributed by atoms with van der Waals surface area (Å²) in [5.74, 6) is -0.460. The summed E-state index contributed by atoms with van der Waals surface area (Å²) in [7, 11) is 0. The third-order valence-electron chi connectivity index (χ3n) is 5.30. The molecule has 0 saturated carbocycles. The molecule has 4 rings (SSSR count). The van der Waals surface area contributed by atoms with Gasteiger partial charge in [0.15, 0.2) is 11.8 Å². The first-order valence-electron chi connectivity index (χ1n) is 9.05. The van der Waals surface area contributed by atoms with Gasteiger partial charge in [0.05, 0.1) is 5.69 Å². The summed E-state index contributed by atoms with van der Waals surface area (Å²) in [6.07, 6.45) is 2.97. The van der Waals surface area contributed by atoms with E-state index in [1.54, 1.807) is 0 Å². The van der Waals surface area contributed by atoms with Crippen LogP contribution in [0, 0.1) is 0 Å². The number of hydrogen-bond acceptors (Lipinski definition) is 5. The highest BCUT2D eigenvalue weighted by Gasteiger charge is 2.52. The molecule has 2 aliphatic heterocycles. The summed E-state index contributed by atoms with van der Waals surface area (Å²) >= 11 is 0. The molecule has 2 aromatic rings. The maximum Gasteiger partial charge on any atom is 0.336 e. The predicted molar refractivity (Wildman–Crippen MR) is 98.5 cm³/mol. The van der Waals surface area contributed by atoms with Crippen molar-refractivity contribution in [3.8, 4) is 0 Å². The number of nitrogens with zero attached hydrogens (tertiary/aromatic N) is 2. The van der Waals surface area contributed by atoms with Crippen molar-refractivity contribution in [2.24, 2.45) is 0 Å². The average Bonchev–Trinajstić information content (AvgIpc) is 3.31. The lowest BCUT2D eigenvalue weighted by atomic mass is 9.99. The molecule has 134 valence electrons. The number of para-hydroxylation sites is 1. The second kappa shape index (κ2) is 6.92. The van der Waals surface area contributed by atoms with Crippen molar-refractivity contribution >= 4 is 17.9 Å². The summed E-state index contributed by atoms with van der Waals surface area (Å²) in [6, 6.07) is 17.7. The second-order valence-corrected chi connectivity index (χ2v) is 6.83. The van der Waals surface area contributed by atoms with Crippen molar-refractivity contribution in [1.82, 2.24) is 5.01 Å². The Morgan fingerprint density at radius 3 is 2.65 bits per heavy atom. The fraction of sp³-hybridized carbons (Fsp3) is 0.333. The van der Waals surface area contributed by atoms with Crippen LogP contribution >= 0.6 is 0 Å². The molecule has 0 spiro atoms. The topological polar surface area (TPSA) is 49.9 Å². The number of ether oxygens (including phenoxy) is 1. The molecule has 0 amide bonds. The van der Waals surface area contributed by atoms with Crippen LogP contribution in [0.15, 0.2) is 54.6 Å². The number of fused-ring (bicyclic) bond motifs is 1. The first-order chi connectivity index (χ1) is 12.7. The van der Waals surface area contributed by atoms with E-state index < -0.39 is 11.5 Å². The van der Waals surface area contributed by atoms with Gasteiger partial charge in [-0.1, -0.05) is 48.5 Å². The number of rotatable bonds is 5. The van der Waals surface area contributed by atoms with Crippen molar-refractivity contribution in [2.75, 3.05) is 18.1 Å². The Kier molecular flexibility index (Phi) is 4.47. The summed E-state index contributed by atoms with van der Waals surface area (Å²) in [5, 5.41) is 4.00. The third kappa shape index (κ3) is 2.78. The first kappa shape index (κ1) is 16.8. The van der Waals surface area contributed by atoms with Crippen LogP contribution < -0.4 is 5.01 Å². The fourth-order valence-corrected chi connectivity index (χ4v) is 3.96. The smallest absolute Gasteiger partial charge is 0.336 e. The number of hydrazine groups is 1. The Balaban J connectivity index is 1.56. The molecule has 26 heavy (non-hydrogen) atoms. The summed E-state index contributed by atoms with van der Waals surface area (Å²) in [5.41, 5.74) is 2.01. The lowest BCUT2D eigenvalue weighted by Crippen LogP contribution is -2.59. The Morgan fingerprint density at radius 2 is 1.85 bits per heavy atom. The molecule has 0 N–H and O–H groups in total. The van der Waals surface area contributed by atoms with E-state index in [1.165, 1.54) is 5.56 Å². The number of benzene rings is 2. The van der Waals surface area contributed by atoms with Crippen molar-refractivity contribution in [1.29, 1.82) is 0 Å². The number of anilines is 1. The van der Waals surface area contributed by atoms with Crippen molar-refractivity contribution in [3.63, 3.8) is 0 Å². The lowest BCUT2D eigenvalue weighted by molar-refractivity contribution is -0.159. The largest absolute Gasteiger partial charge is 0.459 e. The molecule has 0 aliphatic carbocycles. The molecule has 5 nitrogen and oxygen atoms in total. The maximum atomic E-state index is 12.9. The van der Waals surface area contributed by atoms with Gasteiger partial charge in [-0.2, -0.15) is 5.01 Å². The second-order valence-electron chi connectivity index (χ2n) is 6.83. The molecule has 1 saturated heterocycles. The van der Waals surface area contributed by atoms with Crippen LogP contribution in [-0.4, -0.2) is 35.9 Å². The average molecular weight is 350 g/mol. The van der Waals surface area contributed by atoms with Gasteiger partial charge in [0.1, 0.15) is 6.61 Å². The van der Waals surface area contributed by atoms with Gasteiger partial charge < -0.3 is 14.5 Å². The molecule has 0 unspecified atom stereocenters. The lowest BCUT2D eigenvalue weighted by Gasteiger charge is -2.39. The van der Waals surface area contributed by atoms with Crippen molar-refractivity contribution in [2.45, 2.75) is 31.4 Å². The Labute approximate surface area is 153 Å². The SMILES string of the molecule is O=C[C@]1(C(=O)OCc2ccccc2)CCCN1N1CCc2ccccc21. The van der Waals surface area contributed by atoms with Gasteiger partial charge in [0, 0.05) is 13.1 Å². The van der Waals surface area contributed by atoms with E-state index >= 15 is 0 Å². The normalized spacial score (nSPS) is 22.2. The van der Waals surface area contributed by atoms with E-state index in [0.29, 0.717) is 13.0 Å². The van der Waals surface area contributed by atoms with Gasteiger partial charge in [-0.25, -0.2) is 4.79 Å². The summed E-state index contributed by atoms with van der Waals surface area (Å²) < 4.78 is 5.55. The van der Waals surface area contributed by atoms with Gasteiger partial charge in [-0.3, -0.25) is 0 Å². The Morgan fingerprint density at radius 1 is 1.08 bits per heavy atom. The number of hydrogen-bond donors (Lipinski definition) is 0. The van der Waals surface area contributed by atoms with E-state index in [-0.39, 0.29) is 6.61 Å². The van der Waals surface area contributed by atoms with Gasteiger partial charge in [-0.05, 0) is 36.5 Å². The molecule has 2 heterocycles. The molecule has 1 fully saturated rings. The molecule has 0 radical (unpaired) electrons. The van der Waals surface area contributed by atoms with Crippen LogP contribution in [-0.2, 0) is 27.4 Å². The summed E-state index contributed by atoms with van der Waals surface area (Å²) in [6.45, 7) is 1.63. The summed E-state index contributed by atoms with van der Waals surface area (Å²) in [4.78, 5) is 25.0. The molecule has 0 aromatic heterocycles. The first-order valence-corrected chi connectivity index (χ1v) is 9.05. The number of carbonyl (C=O) groups excluding carboxylic acids is 2. The Hall–Kier alpha value is -2.66. The van der Waals surface area contributed by atoms with E-state index in [4.69, 9.17) is 4.74 Å². The number of carbonyl (C=O) groups is 2. The van der Waals surface area contributed by atoms with E-state index in [0.717, 1.165) is 36.9 Å². The molecular formula is C21H22N2O3. The van der Waals surface area contributed by atoms with Crippen LogP contribution in [0.5, 0.6) is 0 Å². The van der Waals surface area contributed by atoms with Crippen molar-refractivity contribution < 1.29 is 14.3 Å². The molecule has 1 atom stereocenters. The molecule has 2 aromatic carbocycles. The third-order valence-corrected chi connectivity index (χ3v) is 5.30. The quantitative estimate of drug-likeness (QED) is 0.471. The van der Waals surface area contributed by atoms with Crippen LogP contribution in [0.25, 0.3) is 0 Å². The zero-order valence-electron chi connectivity index (χ0n) is 14.6. The molecule has 0 bridgehead atoms. The zero-order chi connectivity index (χ0) is 18.0. The van der Waals surface area contributed by atoms with E-state index in [1.807, 2.05) is 53.5 Å². The maximum absolute atomic E-state index is 12.9. The standard InChI is InChI=1S/C21H22N2O3/c24-16-21(20(25)26-15-17-7-2-1-3-8-17)12-6-13-23(21)22-14-11-18-9-4-5-10-19(18)22/h1-5,7-10,16H,6,11-15H2/t21-/m0/s1. The minimum Gasteiger partial charge on any atom is -0.459 e. The van der Waals surface area contributed by atoms with Gasteiger partial charge in [0.2, 0.25) is 0 Å². The van der Waals surface area contributed by atoms with E-state index in [2.05, 4.69) is 11.1 Å². The highest BCUT2D eigenvalue weighted by molar-refractivity contribution is 5.99. The van der Waals surface area contributed by atoms with E-state index in [9.17, 15) is 9.59 Å². The van der Waals surface area contributed by atoms with Crippen LogP contribution in [0.3, 0.4) is 0 Å². The van der Waals surface area contributed by atoms with Crippen LogP contribution in [0.1, 0.15) is 24.0 Å². The van der Waals surface area contributed by atoms with Gasteiger partial charge in [-0.15, -0.1) is 0 Å². The number of esters is 1. The predicted octanol–water partition coefficient (Wildman–Crippen LogP) is 2.74. The van der Waals surface area contributed by atoms with Gasteiger partial charge in [0.25, 0.3) is 0 Å². The molecule has 2 aliphatic rings. The highest BCUT2D eigenvalue weighted by Crippen LogP contribution is 2.37. The zero-order valence-corrected chi connectivity index (χ0v) is 14.6. The monoisotopic (exact) mass is 350 g/mol. The van der Waals surface area contributed by atoms with Gasteiger partial charge >= 0.3 is 5.97 Å². The molecule has 5 heteroatoms. The molecular weight excluding hydrogens is 328 g/mol. The van der Waals surface area contributed by atoms with Crippen LogP contribution in [0.4, 0.5) is 5.69 Å². The van der Waals surface area contributed by atoms with Crippen molar-refractivity contribution in [3.05, 3.63) is 65.7 Å². The minimum absolute atomic E-state index is 0.180. The minimum atomic E-state index is -1.23. The fourth-order valence-electron chi connectivity index (χ4n) is 3.96. The number of aldehydes is 1.